The summed E-state index contributed by atoms with van der Waals surface area (Å²) in [6, 6.07) is 0.624. The van der Waals surface area contributed by atoms with Gasteiger partial charge in [0.2, 0.25) is 0 Å². The lowest BCUT2D eigenvalue weighted by molar-refractivity contribution is 0.0870. The van der Waals surface area contributed by atoms with E-state index in [1.807, 2.05) is 7.05 Å². The maximum Gasteiger partial charge on any atom is 0.162 e. The summed E-state index contributed by atoms with van der Waals surface area (Å²) in [5.41, 5.74) is 0. The lowest BCUT2D eigenvalue weighted by atomic mass is 10.2. The molecule has 0 amide bonds. The summed E-state index contributed by atoms with van der Waals surface area (Å²) in [6.45, 7) is 1.45. The maximum atomic E-state index is 5.06. The molecule has 2 heterocycles. The summed E-state index contributed by atoms with van der Waals surface area (Å²) in [7, 11) is 2.04. The lowest BCUT2D eigenvalue weighted by Gasteiger charge is -2.16. The van der Waals surface area contributed by atoms with Crippen LogP contribution in [0.4, 0.5) is 0 Å². The number of aromatic nitrogens is 4. The van der Waals surface area contributed by atoms with E-state index in [2.05, 4.69) is 25.1 Å². The summed E-state index contributed by atoms with van der Waals surface area (Å²) in [5.74, 6) is 5.06. The highest BCUT2D eigenvalue weighted by molar-refractivity contribution is 4.84. The third-order valence-corrected chi connectivity index (χ3v) is 2.65. The van der Waals surface area contributed by atoms with Gasteiger partial charge in [0, 0.05) is 12.6 Å². The van der Waals surface area contributed by atoms with Crippen LogP contribution < -0.4 is 5.90 Å². The van der Waals surface area contributed by atoms with Crippen LogP contribution in [0.5, 0.6) is 0 Å². The van der Waals surface area contributed by atoms with Gasteiger partial charge in [0.1, 0.15) is 0 Å². The van der Waals surface area contributed by atoms with E-state index in [1.54, 1.807) is 4.80 Å². The van der Waals surface area contributed by atoms with Crippen molar-refractivity contribution in [1.82, 2.24) is 25.1 Å². The second kappa shape index (κ2) is 3.99. The Morgan fingerprint density at radius 1 is 1.64 bits per heavy atom. The third-order valence-electron chi connectivity index (χ3n) is 2.65. The Kier molecular flexibility index (Phi) is 2.71. The van der Waals surface area contributed by atoms with Crippen molar-refractivity contribution in [2.75, 3.05) is 20.2 Å². The maximum absolute atomic E-state index is 5.06. The first-order valence-electron chi connectivity index (χ1n) is 4.55. The van der Waals surface area contributed by atoms with Crippen LogP contribution in [-0.2, 0) is 4.84 Å². The Labute approximate surface area is 81.8 Å². The molecule has 0 saturated carbocycles. The molecular weight excluding hydrogens is 184 g/mol. The highest BCUT2D eigenvalue weighted by Gasteiger charge is 2.31. The summed E-state index contributed by atoms with van der Waals surface area (Å²) in [5, 5.41) is 11.6. The molecule has 0 aliphatic carbocycles. The van der Waals surface area contributed by atoms with Crippen LogP contribution in [0, 0.1) is 0 Å². The average molecular weight is 198 g/mol. The molecule has 0 spiro atoms. The van der Waals surface area contributed by atoms with Crippen LogP contribution in [0.1, 0.15) is 12.5 Å². The van der Waals surface area contributed by atoms with Crippen molar-refractivity contribution in [3.8, 4) is 0 Å². The van der Waals surface area contributed by atoms with Gasteiger partial charge >= 0.3 is 0 Å². The number of likely N-dealkylation sites (N-methyl/N-ethyl adjacent to an activating group) is 1. The van der Waals surface area contributed by atoms with Gasteiger partial charge in [0.15, 0.2) is 6.33 Å². The highest BCUT2D eigenvalue weighted by Crippen LogP contribution is 2.24. The molecule has 7 nitrogen and oxygen atoms in total. The van der Waals surface area contributed by atoms with E-state index in [9.17, 15) is 0 Å². The standard InChI is InChI=1S/C7H14N6O/c1-12-3-6(2-7(12)4-14-8)13-10-5-9-11-13/h5-7H,2-4,8H2,1H3/t6-,7+/m0/s1. The van der Waals surface area contributed by atoms with E-state index in [0.29, 0.717) is 12.6 Å². The van der Waals surface area contributed by atoms with Gasteiger partial charge < -0.3 is 4.84 Å². The minimum Gasteiger partial charge on any atom is -0.303 e. The molecule has 0 aromatic carbocycles. The van der Waals surface area contributed by atoms with Crippen molar-refractivity contribution in [1.29, 1.82) is 0 Å². The monoisotopic (exact) mass is 198 g/mol. The second-order valence-corrected chi connectivity index (χ2v) is 3.57. The highest BCUT2D eigenvalue weighted by atomic mass is 16.6. The molecule has 7 heteroatoms. The molecule has 1 fully saturated rings. The SMILES string of the molecule is CN1C[C@@H](n2ncnn2)C[C@@H]1CON. The topological polar surface area (TPSA) is 82.1 Å². The van der Waals surface area contributed by atoms with Crippen molar-refractivity contribution < 1.29 is 4.84 Å². The lowest BCUT2D eigenvalue weighted by Crippen LogP contribution is -2.30. The third kappa shape index (κ3) is 1.74. The van der Waals surface area contributed by atoms with Crippen molar-refractivity contribution >= 4 is 0 Å². The van der Waals surface area contributed by atoms with E-state index in [1.165, 1.54) is 6.33 Å². The van der Waals surface area contributed by atoms with E-state index >= 15 is 0 Å². The fourth-order valence-electron chi connectivity index (χ4n) is 1.87. The fraction of sp³-hybridized carbons (Fsp3) is 0.857. The number of hydrogen-bond donors (Lipinski definition) is 1. The number of nitrogens with zero attached hydrogens (tertiary/aromatic N) is 5. The van der Waals surface area contributed by atoms with Crippen LogP contribution in [0.15, 0.2) is 6.33 Å². The Hall–Kier alpha value is -1.05. The molecule has 0 unspecified atom stereocenters. The molecule has 0 bridgehead atoms. The molecule has 78 valence electrons. The Bertz CT molecular complexity index is 276. The van der Waals surface area contributed by atoms with Crippen molar-refractivity contribution in [3.05, 3.63) is 6.33 Å². The number of likely N-dealkylation sites (tertiary alicyclic amines) is 1. The van der Waals surface area contributed by atoms with Crippen molar-refractivity contribution in [3.63, 3.8) is 0 Å². The molecular formula is C7H14N6O. The number of rotatable bonds is 3. The van der Waals surface area contributed by atoms with E-state index in [4.69, 9.17) is 5.90 Å². The molecule has 2 atom stereocenters. The van der Waals surface area contributed by atoms with Crippen molar-refractivity contribution in [2.45, 2.75) is 18.5 Å². The smallest absolute Gasteiger partial charge is 0.162 e. The fourth-order valence-corrected chi connectivity index (χ4v) is 1.87. The zero-order valence-electron chi connectivity index (χ0n) is 8.08. The van der Waals surface area contributed by atoms with Gasteiger partial charge in [-0.3, -0.25) is 4.90 Å². The van der Waals surface area contributed by atoms with Gasteiger partial charge in [-0.15, -0.1) is 10.2 Å². The minimum atomic E-state index is 0.280. The van der Waals surface area contributed by atoms with E-state index in [0.717, 1.165) is 13.0 Å². The van der Waals surface area contributed by atoms with Crippen LogP contribution in [-0.4, -0.2) is 51.3 Å². The van der Waals surface area contributed by atoms with Crippen LogP contribution >= 0.6 is 0 Å². The molecule has 1 aliphatic rings. The summed E-state index contributed by atoms with van der Waals surface area (Å²) in [4.78, 5) is 8.50. The summed E-state index contributed by atoms with van der Waals surface area (Å²) in [6.07, 6.45) is 2.40. The Balaban J connectivity index is 1.99. The first-order chi connectivity index (χ1) is 6.81. The predicted molar refractivity (Wildman–Crippen MR) is 48.0 cm³/mol. The van der Waals surface area contributed by atoms with Crippen molar-refractivity contribution in [2.24, 2.45) is 5.90 Å². The van der Waals surface area contributed by atoms with Crippen LogP contribution in [0.25, 0.3) is 0 Å². The van der Waals surface area contributed by atoms with Crippen LogP contribution in [0.2, 0.25) is 0 Å². The molecule has 1 aromatic rings. The zero-order valence-corrected chi connectivity index (χ0v) is 8.08. The molecule has 14 heavy (non-hydrogen) atoms. The first kappa shape index (κ1) is 9.50. The normalized spacial score (nSPS) is 28.4. The number of hydrogen-bond acceptors (Lipinski definition) is 6. The predicted octanol–water partition coefficient (Wildman–Crippen LogP) is -1.19. The summed E-state index contributed by atoms with van der Waals surface area (Å²) >= 11 is 0. The Morgan fingerprint density at radius 2 is 2.50 bits per heavy atom. The second-order valence-electron chi connectivity index (χ2n) is 3.57. The molecule has 1 aliphatic heterocycles. The van der Waals surface area contributed by atoms with Gasteiger partial charge in [-0.1, -0.05) is 0 Å². The molecule has 0 radical (unpaired) electrons. The van der Waals surface area contributed by atoms with E-state index in [-0.39, 0.29) is 6.04 Å². The molecule has 1 aromatic heterocycles. The quantitative estimate of drug-likeness (QED) is 0.615. The molecule has 2 N–H and O–H groups in total. The molecule has 1 saturated heterocycles. The average Bonchev–Trinajstić information content (AvgIpc) is 2.76. The van der Waals surface area contributed by atoms with Crippen LogP contribution in [0.3, 0.4) is 0 Å². The largest absolute Gasteiger partial charge is 0.303 e. The molecule has 2 rings (SSSR count). The van der Waals surface area contributed by atoms with Gasteiger partial charge in [0.05, 0.1) is 12.6 Å². The Morgan fingerprint density at radius 3 is 3.14 bits per heavy atom. The van der Waals surface area contributed by atoms with Gasteiger partial charge in [-0.05, 0) is 18.7 Å². The number of nitrogens with two attached hydrogens (primary N) is 1. The number of tetrazole rings is 1. The van der Waals surface area contributed by atoms with E-state index < -0.39 is 0 Å². The minimum absolute atomic E-state index is 0.280. The summed E-state index contributed by atoms with van der Waals surface area (Å²) < 4.78 is 0. The zero-order chi connectivity index (χ0) is 9.97. The first-order valence-corrected chi connectivity index (χ1v) is 4.55. The van der Waals surface area contributed by atoms with Gasteiger partial charge in [0.25, 0.3) is 0 Å². The van der Waals surface area contributed by atoms with Gasteiger partial charge in [-0.25, -0.2) is 5.90 Å². The van der Waals surface area contributed by atoms with Gasteiger partial charge in [-0.2, -0.15) is 4.80 Å².